The van der Waals surface area contributed by atoms with Crippen molar-refractivity contribution in [3.05, 3.63) is 0 Å². The third kappa shape index (κ3) is 14.6. The fraction of sp³-hybridized carbons (Fsp3) is 0.700. The summed E-state index contributed by atoms with van der Waals surface area (Å²) in [6.07, 6.45) is 2.25. The molecule has 0 bridgehead atoms. The number of carbonyl (C=O) groups is 3. The van der Waals surface area contributed by atoms with Crippen molar-refractivity contribution in [1.29, 1.82) is 0 Å². The van der Waals surface area contributed by atoms with Gasteiger partial charge in [0, 0.05) is 6.42 Å². The Labute approximate surface area is 115 Å². The molecule has 0 aliphatic carbocycles. The lowest BCUT2D eigenvalue weighted by molar-refractivity contribution is -0.140. The van der Waals surface area contributed by atoms with Gasteiger partial charge in [-0.1, -0.05) is 0 Å². The van der Waals surface area contributed by atoms with Crippen LogP contribution in [0.4, 0.5) is 0 Å². The van der Waals surface area contributed by atoms with Crippen LogP contribution >= 0.6 is 11.8 Å². The lowest BCUT2D eigenvalue weighted by Crippen LogP contribution is -2.30. The van der Waals surface area contributed by atoms with Crippen LogP contribution in [0.2, 0.25) is 0 Å². The average Bonchev–Trinajstić information content (AvgIpc) is 2.33. The number of carboxylic acids is 3. The van der Waals surface area contributed by atoms with Crippen molar-refractivity contribution >= 4 is 29.7 Å². The number of thioether (sulfide) groups is 1. The molecule has 0 saturated carbocycles. The third-order valence-corrected chi connectivity index (χ3v) is 2.58. The van der Waals surface area contributed by atoms with Gasteiger partial charge in [-0.25, -0.2) is 0 Å². The summed E-state index contributed by atoms with van der Waals surface area (Å²) in [6.45, 7) is 0. The Balaban J connectivity index is 0. The van der Waals surface area contributed by atoms with Crippen LogP contribution in [0.25, 0.3) is 0 Å². The summed E-state index contributed by atoms with van der Waals surface area (Å²) in [5, 5.41) is 24.5. The number of rotatable bonds is 8. The smallest absolute Gasteiger partial charge is 0.320 e. The Morgan fingerprint density at radius 3 is 1.74 bits per heavy atom. The molecule has 0 aliphatic rings. The van der Waals surface area contributed by atoms with Crippen LogP contribution < -0.4 is 11.5 Å². The van der Waals surface area contributed by atoms with Crippen molar-refractivity contribution in [1.82, 2.24) is 0 Å². The third-order valence-electron chi connectivity index (χ3n) is 1.94. The fourth-order valence-corrected chi connectivity index (χ4v) is 1.26. The molecule has 0 heterocycles. The number of hydrogen-bond acceptors (Lipinski definition) is 6. The van der Waals surface area contributed by atoms with Gasteiger partial charge in [-0.2, -0.15) is 11.8 Å². The first-order valence-electron chi connectivity index (χ1n) is 5.39. The minimum absolute atomic E-state index is 0.0231. The molecule has 0 rings (SSSR count). The second kappa shape index (κ2) is 11.8. The summed E-state index contributed by atoms with van der Waals surface area (Å²) in [5.74, 6) is -2.30. The van der Waals surface area contributed by atoms with Gasteiger partial charge >= 0.3 is 17.9 Å². The molecule has 19 heavy (non-hydrogen) atoms. The zero-order chi connectivity index (χ0) is 15.4. The first-order chi connectivity index (χ1) is 8.72. The lowest BCUT2D eigenvalue weighted by Gasteiger charge is -2.02. The minimum atomic E-state index is -1.17. The first kappa shape index (κ1) is 20.0. The SMILES string of the molecule is CSCC[C@H](N)C(=O)O.N[C@@H](CCC(=O)O)C(=O)O. The highest BCUT2D eigenvalue weighted by molar-refractivity contribution is 7.98. The van der Waals surface area contributed by atoms with E-state index in [0.29, 0.717) is 6.42 Å². The van der Waals surface area contributed by atoms with Crippen molar-refractivity contribution in [2.75, 3.05) is 12.0 Å². The van der Waals surface area contributed by atoms with Crippen LogP contribution in [0.15, 0.2) is 0 Å². The van der Waals surface area contributed by atoms with Gasteiger partial charge in [-0.15, -0.1) is 0 Å². The van der Waals surface area contributed by atoms with Gasteiger partial charge in [0.05, 0.1) is 0 Å². The van der Waals surface area contributed by atoms with Gasteiger partial charge in [0.25, 0.3) is 0 Å². The Morgan fingerprint density at radius 1 is 1.00 bits per heavy atom. The van der Waals surface area contributed by atoms with Crippen LogP contribution in [-0.4, -0.2) is 57.3 Å². The van der Waals surface area contributed by atoms with E-state index in [1.807, 2.05) is 6.26 Å². The number of aliphatic carboxylic acids is 3. The van der Waals surface area contributed by atoms with Gasteiger partial charge in [-0.05, 0) is 24.9 Å². The maximum absolute atomic E-state index is 10.1. The molecular weight excluding hydrogens is 276 g/mol. The van der Waals surface area contributed by atoms with Crippen LogP contribution in [-0.2, 0) is 14.4 Å². The molecule has 0 aromatic heterocycles. The van der Waals surface area contributed by atoms with Gasteiger partial charge in [0.1, 0.15) is 12.1 Å². The van der Waals surface area contributed by atoms with Crippen molar-refractivity contribution in [2.24, 2.45) is 11.5 Å². The number of hydrogen-bond donors (Lipinski definition) is 5. The second-order valence-corrected chi connectivity index (χ2v) is 4.59. The van der Waals surface area contributed by atoms with Crippen LogP contribution in [0.3, 0.4) is 0 Å². The Hall–Kier alpha value is -1.32. The zero-order valence-electron chi connectivity index (χ0n) is 10.6. The standard InChI is InChI=1S/C5H9NO4.C5H11NO2S/c6-3(5(9)10)1-2-4(7)8;1-9-3-2-4(6)5(7)8/h3H,1-2,6H2,(H,7,8)(H,9,10);4H,2-3,6H2,1H3,(H,7,8)/t3-;4-/m00/s1. The molecule has 0 spiro atoms. The molecule has 8 nitrogen and oxygen atoms in total. The summed E-state index contributed by atoms with van der Waals surface area (Å²) in [6, 6.07) is -1.74. The Bertz CT molecular complexity index is 300. The van der Waals surface area contributed by atoms with Crippen molar-refractivity contribution in [3.8, 4) is 0 Å². The summed E-state index contributed by atoms with van der Waals surface area (Å²) < 4.78 is 0. The predicted molar refractivity (Wildman–Crippen MR) is 71.1 cm³/mol. The van der Waals surface area contributed by atoms with E-state index in [1.165, 1.54) is 0 Å². The topological polar surface area (TPSA) is 164 Å². The maximum Gasteiger partial charge on any atom is 0.320 e. The monoisotopic (exact) mass is 296 g/mol. The summed E-state index contributed by atoms with van der Waals surface area (Å²) >= 11 is 1.60. The molecule has 0 aromatic rings. The van der Waals surface area contributed by atoms with Gasteiger partial charge in [-0.3, -0.25) is 14.4 Å². The van der Waals surface area contributed by atoms with Crippen LogP contribution in [0, 0.1) is 0 Å². The molecule has 0 unspecified atom stereocenters. The molecule has 9 heteroatoms. The van der Waals surface area contributed by atoms with E-state index in [0.717, 1.165) is 5.75 Å². The van der Waals surface area contributed by atoms with Crippen molar-refractivity contribution < 1.29 is 29.7 Å². The molecule has 0 fully saturated rings. The molecular formula is C10H20N2O6S. The minimum Gasteiger partial charge on any atom is -0.481 e. The van der Waals surface area contributed by atoms with Crippen LogP contribution in [0.1, 0.15) is 19.3 Å². The van der Waals surface area contributed by atoms with Crippen molar-refractivity contribution in [2.45, 2.75) is 31.3 Å². The summed E-state index contributed by atoms with van der Waals surface area (Å²) in [4.78, 5) is 29.9. The van der Waals surface area contributed by atoms with Crippen molar-refractivity contribution in [3.63, 3.8) is 0 Å². The van der Waals surface area contributed by atoms with E-state index in [1.54, 1.807) is 11.8 Å². The Kier molecular flexibility index (Phi) is 12.4. The van der Waals surface area contributed by atoms with E-state index >= 15 is 0 Å². The predicted octanol–water partition coefficient (Wildman–Crippen LogP) is -0.585. The van der Waals surface area contributed by atoms with Gasteiger partial charge in [0.15, 0.2) is 0 Å². The highest BCUT2D eigenvalue weighted by Gasteiger charge is 2.12. The zero-order valence-corrected chi connectivity index (χ0v) is 11.4. The lowest BCUT2D eigenvalue weighted by atomic mass is 10.2. The maximum atomic E-state index is 10.1. The summed E-state index contributed by atoms with van der Waals surface area (Å²) in [7, 11) is 0. The van der Waals surface area contributed by atoms with Crippen LogP contribution in [0.5, 0.6) is 0 Å². The normalized spacial score (nSPS) is 12.8. The number of carboxylic acid groups (broad SMARTS) is 3. The van der Waals surface area contributed by atoms with E-state index in [2.05, 4.69) is 0 Å². The largest absolute Gasteiger partial charge is 0.481 e. The molecule has 112 valence electrons. The second-order valence-electron chi connectivity index (χ2n) is 3.60. The number of nitrogens with two attached hydrogens (primary N) is 2. The quantitative estimate of drug-likeness (QED) is 0.394. The van der Waals surface area contributed by atoms with E-state index in [-0.39, 0.29) is 12.8 Å². The fourth-order valence-electron chi connectivity index (χ4n) is 0.771. The van der Waals surface area contributed by atoms with E-state index < -0.39 is 30.0 Å². The van der Waals surface area contributed by atoms with Gasteiger partial charge < -0.3 is 26.8 Å². The molecule has 7 N–H and O–H groups in total. The van der Waals surface area contributed by atoms with Gasteiger partial charge in [0.2, 0.25) is 0 Å². The molecule has 0 saturated heterocycles. The average molecular weight is 296 g/mol. The summed E-state index contributed by atoms with van der Waals surface area (Å²) in [5.41, 5.74) is 10.2. The molecule has 0 amide bonds. The van der Waals surface area contributed by atoms with E-state index in [4.69, 9.17) is 26.8 Å². The first-order valence-corrected chi connectivity index (χ1v) is 6.79. The Morgan fingerprint density at radius 2 is 1.42 bits per heavy atom. The highest BCUT2D eigenvalue weighted by atomic mass is 32.2. The molecule has 0 aromatic carbocycles. The molecule has 0 aliphatic heterocycles. The van der Waals surface area contributed by atoms with E-state index in [9.17, 15) is 14.4 Å². The highest BCUT2D eigenvalue weighted by Crippen LogP contribution is 1.97. The molecule has 2 atom stereocenters. The molecule has 0 radical (unpaired) electrons.